The number of aromatic nitrogens is 1. The second-order valence-electron chi connectivity index (χ2n) is 6.58. The van der Waals surface area contributed by atoms with Gasteiger partial charge in [0.2, 0.25) is 0 Å². The van der Waals surface area contributed by atoms with Crippen LogP contribution in [0.1, 0.15) is 11.6 Å². The standard InChI is InChI=1S/C19H20ClFN4O2S2/c1-25(2)12-17(13-6-4-3-5-7-13)23-16-11-15(21)18(10-14(16)20)29(26,27)24-19-22-8-9-28-19/h3-11,17,23H,12H2,1-2H3,(H,22,24). The van der Waals surface area contributed by atoms with E-state index in [0.717, 1.165) is 29.0 Å². The van der Waals surface area contributed by atoms with Crippen LogP contribution < -0.4 is 10.0 Å². The summed E-state index contributed by atoms with van der Waals surface area (Å²) in [5, 5.41) is 5.09. The fourth-order valence-electron chi connectivity index (χ4n) is 2.76. The van der Waals surface area contributed by atoms with Gasteiger partial charge in [-0.2, -0.15) is 0 Å². The van der Waals surface area contributed by atoms with Gasteiger partial charge in [0.15, 0.2) is 5.13 Å². The highest BCUT2D eigenvalue weighted by Gasteiger charge is 2.23. The average molecular weight is 455 g/mol. The maximum absolute atomic E-state index is 14.7. The Morgan fingerprint density at radius 3 is 2.59 bits per heavy atom. The molecular weight excluding hydrogens is 435 g/mol. The minimum Gasteiger partial charge on any atom is -0.376 e. The Balaban J connectivity index is 1.90. The Kier molecular flexibility index (Phi) is 6.74. The quantitative estimate of drug-likeness (QED) is 0.526. The number of hydrogen-bond donors (Lipinski definition) is 2. The van der Waals surface area contributed by atoms with Gasteiger partial charge < -0.3 is 10.2 Å². The Morgan fingerprint density at radius 1 is 1.24 bits per heavy atom. The van der Waals surface area contributed by atoms with E-state index >= 15 is 0 Å². The van der Waals surface area contributed by atoms with E-state index in [9.17, 15) is 12.8 Å². The molecule has 0 spiro atoms. The van der Waals surface area contributed by atoms with Gasteiger partial charge in [0.05, 0.1) is 16.8 Å². The van der Waals surface area contributed by atoms with E-state index in [4.69, 9.17) is 11.6 Å². The number of likely N-dealkylation sites (N-methyl/N-ethyl adjacent to an activating group) is 1. The molecule has 2 aromatic carbocycles. The van der Waals surface area contributed by atoms with Crippen LogP contribution in [0, 0.1) is 5.82 Å². The zero-order valence-corrected chi connectivity index (χ0v) is 18.2. The lowest BCUT2D eigenvalue weighted by molar-refractivity contribution is 0.387. The molecule has 1 atom stereocenters. The van der Waals surface area contributed by atoms with Crippen molar-refractivity contribution in [1.29, 1.82) is 0 Å². The highest BCUT2D eigenvalue weighted by Crippen LogP contribution is 2.32. The first-order valence-electron chi connectivity index (χ1n) is 8.64. The van der Waals surface area contributed by atoms with Crippen molar-refractivity contribution in [1.82, 2.24) is 9.88 Å². The molecule has 3 rings (SSSR count). The van der Waals surface area contributed by atoms with Gasteiger partial charge in [0.25, 0.3) is 10.0 Å². The number of nitrogens with zero attached hydrogens (tertiary/aromatic N) is 2. The molecule has 3 aromatic rings. The number of thiazole rings is 1. The fraction of sp³-hybridized carbons (Fsp3) is 0.211. The molecule has 2 N–H and O–H groups in total. The summed E-state index contributed by atoms with van der Waals surface area (Å²) in [6.07, 6.45) is 1.45. The molecule has 1 heterocycles. The maximum atomic E-state index is 14.7. The molecule has 29 heavy (non-hydrogen) atoms. The van der Waals surface area contributed by atoms with E-state index in [1.54, 1.807) is 5.38 Å². The third kappa shape index (κ3) is 5.45. The van der Waals surface area contributed by atoms with Crippen molar-refractivity contribution < 1.29 is 12.8 Å². The van der Waals surface area contributed by atoms with Crippen molar-refractivity contribution in [2.45, 2.75) is 10.9 Å². The summed E-state index contributed by atoms with van der Waals surface area (Å²) in [6, 6.07) is 11.7. The van der Waals surface area contributed by atoms with Gasteiger partial charge in [-0.15, -0.1) is 11.3 Å². The summed E-state index contributed by atoms with van der Waals surface area (Å²) in [4.78, 5) is 5.31. The molecule has 10 heteroatoms. The van der Waals surface area contributed by atoms with Crippen LogP contribution in [-0.2, 0) is 10.0 Å². The number of rotatable bonds is 8. The number of sulfonamides is 1. The zero-order chi connectivity index (χ0) is 21.0. The van der Waals surface area contributed by atoms with Gasteiger partial charge in [-0.3, -0.25) is 4.72 Å². The Morgan fingerprint density at radius 2 is 1.97 bits per heavy atom. The second-order valence-corrected chi connectivity index (χ2v) is 9.53. The topological polar surface area (TPSA) is 74.3 Å². The lowest BCUT2D eigenvalue weighted by Crippen LogP contribution is -2.26. The number of anilines is 2. The van der Waals surface area contributed by atoms with E-state index in [0.29, 0.717) is 12.2 Å². The summed E-state index contributed by atoms with van der Waals surface area (Å²) >= 11 is 7.40. The van der Waals surface area contributed by atoms with E-state index in [1.807, 2.05) is 49.3 Å². The summed E-state index contributed by atoms with van der Waals surface area (Å²) < 4.78 is 42.0. The Hall–Kier alpha value is -2.20. The molecule has 0 aliphatic carbocycles. The summed E-state index contributed by atoms with van der Waals surface area (Å²) in [6.45, 7) is 0.633. The van der Waals surface area contributed by atoms with E-state index in [2.05, 4.69) is 15.0 Å². The Bertz CT molecular complexity index is 1060. The van der Waals surface area contributed by atoms with E-state index in [-0.39, 0.29) is 16.2 Å². The summed E-state index contributed by atoms with van der Waals surface area (Å²) in [5.41, 5.74) is 1.31. The molecule has 0 saturated carbocycles. The van der Waals surface area contributed by atoms with Gasteiger partial charge in [-0.05, 0) is 31.8 Å². The molecule has 1 unspecified atom stereocenters. The molecule has 0 amide bonds. The molecule has 154 valence electrons. The number of benzene rings is 2. The first-order valence-corrected chi connectivity index (χ1v) is 11.4. The molecule has 0 saturated heterocycles. The minimum atomic E-state index is -4.15. The van der Waals surface area contributed by atoms with Crippen LogP contribution in [0.5, 0.6) is 0 Å². The van der Waals surface area contributed by atoms with Gasteiger partial charge in [-0.1, -0.05) is 41.9 Å². The maximum Gasteiger partial charge on any atom is 0.266 e. The minimum absolute atomic E-state index is 0.102. The normalized spacial score (nSPS) is 12.7. The fourth-order valence-corrected chi connectivity index (χ4v) is 4.92. The highest BCUT2D eigenvalue weighted by atomic mass is 35.5. The summed E-state index contributed by atoms with van der Waals surface area (Å²) in [5.74, 6) is -0.905. The van der Waals surface area contributed by atoms with Gasteiger partial charge in [0, 0.05) is 18.1 Å². The van der Waals surface area contributed by atoms with Crippen LogP contribution in [0.25, 0.3) is 0 Å². The van der Waals surface area contributed by atoms with Crippen LogP contribution in [-0.4, -0.2) is 38.9 Å². The zero-order valence-electron chi connectivity index (χ0n) is 15.8. The largest absolute Gasteiger partial charge is 0.376 e. The van der Waals surface area contributed by atoms with Crippen LogP contribution >= 0.6 is 22.9 Å². The van der Waals surface area contributed by atoms with Crippen LogP contribution in [0.3, 0.4) is 0 Å². The molecule has 1 aromatic heterocycles. The number of halogens is 2. The van der Waals surface area contributed by atoms with Crippen molar-refractivity contribution in [3.8, 4) is 0 Å². The van der Waals surface area contributed by atoms with Crippen LogP contribution in [0.2, 0.25) is 5.02 Å². The predicted molar refractivity (Wildman–Crippen MR) is 116 cm³/mol. The SMILES string of the molecule is CN(C)CC(Nc1cc(F)c(S(=O)(=O)Nc2nccs2)cc1Cl)c1ccccc1. The number of hydrogen-bond acceptors (Lipinski definition) is 6. The van der Waals surface area contributed by atoms with Crippen molar-refractivity contribution in [3.63, 3.8) is 0 Å². The van der Waals surface area contributed by atoms with E-state index in [1.165, 1.54) is 6.20 Å². The predicted octanol–water partition coefficient (Wildman–Crippen LogP) is 4.45. The van der Waals surface area contributed by atoms with Crippen molar-refractivity contribution >= 4 is 43.8 Å². The monoisotopic (exact) mass is 454 g/mol. The van der Waals surface area contributed by atoms with Crippen LogP contribution in [0.4, 0.5) is 15.2 Å². The first-order chi connectivity index (χ1) is 13.8. The number of nitrogens with one attached hydrogen (secondary N) is 2. The van der Waals surface area contributed by atoms with Crippen molar-refractivity contribution in [2.75, 3.05) is 30.7 Å². The molecule has 0 fully saturated rings. The third-order valence-electron chi connectivity index (χ3n) is 4.04. The second kappa shape index (κ2) is 9.08. The van der Waals surface area contributed by atoms with Crippen molar-refractivity contribution in [3.05, 3.63) is 70.4 Å². The summed E-state index contributed by atoms with van der Waals surface area (Å²) in [7, 11) is -0.290. The van der Waals surface area contributed by atoms with Crippen molar-refractivity contribution in [2.24, 2.45) is 0 Å². The molecular formula is C19H20ClFN4O2S2. The lowest BCUT2D eigenvalue weighted by atomic mass is 10.1. The van der Waals surface area contributed by atoms with E-state index < -0.39 is 20.7 Å². The third-order valence-corrected chi connectivity index (χ3v) is 6.53. The molecule has 0 aliphatic heterocycles. The van der Waals surface area contributed by atoms with Crippen LogP contribution in [0.15, 0.2) is 58.9 Å². The van der Waals surface area contributed by atoms with Gasteiger partial charge in [-0.25, -0.2) is 17.8 Å². The Labute approximate surface area is 178 Å². The highest BCUT2D eigenvalue weighted by molar-refractivity contribution is 7.93. The molecule has 0 radical (unpaired) electrons. The molecule has 0 aliphatic rings. The first kappa shape index (κ1) is 21.5. The average Bonchev–Trinajstić information content (AvgIpc) is 3.16. The molecule has 0 bridgehead atoms. The van der Waals surface area contributed by atoms with Gasteiger partial charge in [0.1, 0.15) is 10.7 Å². The van der Waals surface area contributed by atoms with Gasteiger partial charge >= 0.3 is 0 Å². The smallest absolute Gasteiger partial charge is 0.266 e. The molecule has 6 nitrogen and oxygen atoms in total. The lowest BCUT2D eigenvalue weighted by Gasteiger charge is -2.24.